The fraction of sp³-hybridized carbons (Fsp3) is 0.636. The highest BCUT2D eigenvalue weighted by Gasteiger charge is 2.32. The number of esters is 1. The van der Waals surface area contributed by atoms with E-state index in [0.717, 1.165) is 0 Å². The fourth-order valence-corrected chi connectivity index (χ4v) is 1.61. The summed E-state index contributed by atoms with van der Waals surface area (Å²) in [6.07, 6.45) is 0.662. The molecule has 0 aromatic carbocycles. The average molecular weight is 226 g/mol. The molecule has 1 rings (SSSR count). The van der Waals surface area contributed by atoms with Crippen LogP contribution in [0.1, 0.15) is 27.2 Å². The molecule has 5 nitrogen and oxygen atoms in total. The van der Waals surface area contributed by atoms with Gasteiger partial charge >= 0.3 is 5.97 Å². The van der Waals surface area contributed by atoms with Gasteiger partial charge in [0.15, 0.2) is 0 Å². The Morgan fingerprint density at radius 2 is 2.25 bits per heavy atom. The summed E-state index contributed by atoms with van der Waals surface area (Å²) in [5.74, 6) is -0.232. The third kappa shape index (κ3) is 2.53. The van der Waals surface area contributed by atoms with Crippen LogP contribution in [0, 0.1) is 5.92 Å². The number of carbonyl (C=O) groups excluding carboxylic acids is 1. The Morgan fingerprint density at radius 3 is 2.75 bits per heavy atom. The summed E-state index contributed by atoms with van der Waals surface area (Å²) in [7, 11) is 0. The van der Waals surface area contributed by atoms with E-state index >= 15 is 0 Å². The van der Waals surface area contributed by atoms with Crippen LogP contribution in [-0.2, 0) is 9.53 Å². The van der Waals surface area contributed by atoms with E-state index in [1.807, 2.05) is 13.8 Å². The first kappa shape index (κ1) is 12.5. The summed E-state index contributed by atoms with van der Waals surface area (Å²) in [6.45, 7) is 5.98. The minimum absolute atomic E-state index is 0.0208. The molecule has 0 amide bonds. The maximum Gasteiger partial charge on any atom is 0.345 e. The van der Waals surface area contributed by atoms with Gasteiger partial charge in [0.25, 0.3) is 0 Å². The zero-order valence-electron chi connectivity index (χ0n) is 9.86. The number of amidine groups is 1. The van der Waals surface area contributed by atoms with Crippen molar-refractivity contribution in [3.63, 3.8) is 0 Å². The highest BCUT2D eigenvalue weighted by molar-refractivity contribution is 6.20. The molecular formula is C11H18N2O3. The molecule has 0 spiro atoms. The molecule has 1 unspecified atom stereocenters. The molecule has 1 atom stereocenters. The quantitative estimate of drug-likeness (QED) is 0.704. The van der Waals surface area contributed by atoms with E-state index in [2.05, 4.69) is 4.99 Å². The first-order valence-electron chi connectivity index (χ1n) is 5.41. The Balaban J connectivity index is 2.87. The molecule has 90 valence electrons. The number of rotatable bonds is 4. The van der Waals surface area contributed by atoms with Crippen LogP contribution in [-0.4, -0.2) is 29.6 Å². The Bertz CT molecular complexity index is 345. The van der Waals surface area contributed by atoms with E-state index in [9.17, 15) is 9.90 Å². The molecule has 0 saturated heterocycles. The highest BCUT2D eigenvalue weighted by atomic mass is 16.5. The number of hydrogen-bond donors (Lipinski definition) is 2. The number of ether oxygens (including phenoxy) is 1. The van der Waals surface area contributed by atoms with Gasteiger partial charge < -0.3 is 15.6 Å². The van der Waals surface area contributed by atoms with E-state index in [0.29, 0.717) is 12.3 Å². The average Bonchev–Trinajstić information content (AvgIpc) is 2.41. The van der Waals surface area contributed by atoms with Crippen molar-refractivity contribution in [2.75, 3.05) is 6.61 Å². The predicted octanol–water partition coefficient (Wildman–Crippen LogP) is 1.15. The van der Waals surface area contributed by atoms with Crippen LogP contribution >= 0.6 is 0 Å². The van der Waals surface area contributed by atoms with Crippen LogP contribution in [0.25, 0.3) is 0 Å². The van der Waals surface area contributed by atoms with Gasteiger partial charge in [-0.2, -0.15) is 0 Å². The first-order valence-corrected chi connectivity index (χ1v) is 5.41. The number of carbonyl (C=O) groups is 1. The molecule has 5 heteroatoms. The minimum atomic E-state index is -0.604. The van der Waals surface area contributed by atoms with Crippen LogP contribution in [0.2, 0.25) is 0 Å². The van der Waals surface area contributed by atoms with Crippen LogP contribution in [0.5, 0.6) is 0 Å². The van der Waals surface area contributed by atoms with Crippen LogP contribution in [0.3, 0.4) is 0 Å². The lowest BCUT2D eigenvalue weighted by atomic mass is 10.0. The predicted molar refractivity (Wildman–Crippen MR) is 61.2 cm³/mol. The van der Waals surface area contributed by atoms with Crippen LogP contribution < -0.4 is 5.73 Å². The summed E-state index contributed by atoms with van der Waals surface area (Å²) >= 11 is 0. The monoisotopic (exact) mass is 226 g/mol. The number of nitrogens with two attached hydrogens (primary N) is 1. The fourth-order valence-electron chi connectivity index (χ4n) is 1.61. The van der Waals surface area contributed by atoms with Gasteiger partial charge in [-0.15, -0.1) is 0 Å². The molecule has 1 heterocycles. The van der Waals surface area contributed by atoms with Gasteiger partial charge in [-0.05, 0) is 19.3 Å². The minimum Gasteiger partial charge on any atom is -0.509 e. The Morgan fingerprint density at radius 1 is 1.62 bits per heavy atom. The SMILES string of the molecule is CCOC(=O)C1=C(O)C(CC(C)C)N=C1N. The molecule has 0 aromatic rings. The van der Waals surface area contributed by atoms with Crippen molar-refractivity contribution in [2.24, 2.45) is 16.6 Å². The van der Waals surface area contributed by atoms with Crippen molar-refractivity contribution in [3.05, 3.63) is 11.3 Å². The molecule has 0 saturated carbocycles. The van der Waals surface area contributed by atoms with Gasteiger partial charge in [0, 0.05) is 0 Å². The zero-order valence-corrected chi connectivity index (χ0v) is 9.86. The van der Waals surface area contributed by atoms with E-state index in [1.165, 1.54) is 0 Å². The van der Waals surface area contributed by atoms with Gasteiger partial charge in [0.1, 0.15) is 23.2 Å². The van der Waals surface area contributed by atoms with E-state index in [4.69, 9.17) is 10.5 Å². The third-order valence-corrected chi connectivity index (χ3v) is 2.30. The molecule has 0 aromatic heterocycles. The van der Waals surface area contributed by atoms with Gasteiger partial charge in [-0.25, -0.2) is 4.79 Å². The lowest BCUT2D eigenvalue weighted by Crippen LogP contribution is -2.21. The lowest BCUT2D eigenvalue weighted by molar-refractivity contribution is -0.138. The lowest BCUT2D eigenvalue weighted by Gasteiger charge is -2.10. The number of hydrogen-bond acceptors (Lipinski definition) is 5. The second kappa shape index (κ2) is 5.01. The molecular weight excluding hydrogens is 208 g/mol. The summed E-state index contributed by atoms with van der Waals surface area (Å²) < 4.78 is 4.80. The number of nitrogens with zero attached hydrogens (tertiary/aromatic N) is 1. The number of aliphatic hydroxyl groups is 1. The molecule has 1 aliphatic heterocycles. The van der Waals surface area contributed by atoms with Crippen LogP contribution in [0.4, 0.5) is 0 Å². The van der Waals surface area contributed by atoms with E-state index < -0.39 is 12.0 Å². The smallest absolute Gasteiger partial charge is 0.345 e. The summed E-state index contributed by atoms with van der Waals surface area (Å²) in [5, 5.41) is 9.85. The molecule has 0 fully saturated rings. The van der Waals surface area contributed by atoms with Crippen molar-refractivity contribution in [1.82, 2.24) is 0 Å². The standard InChI is InChI=1S/C11H18N2O3/c1-4-16-11(15)8-9(14)7(5-6(2)3)13-10(8)12/h6-7,14H,4-5H2,1-3H3,(H2,12,13). The molecule has 0 radical (unpaired) electrons. The van der Waals surface area contributed by atoms with Crippen molar-refractivity contribution >= 4 is 11.8 Å². The van der Waals surface area contributed by atoms with Crippen molar-refractivity contribution < 1.29 is 14.6 Å². The molecule has 0 aliphatic carbocycles. The van der Waals surface area contributed by atoms with Gasteiger partial charge in [0.05, 0.1) is 6.61 Å². The Hall–Kier alpha value is -1.52. The molecule has 3 N–H and O–H groups in total. The van der Waals surface area contributed by atoms with Gasteiger partial charge in [-0.1, -0.05) is 13.8 Å². The molecule has 0 bridgehead atoms. The van der Waals surface area contributed by atoms with Crippen LogP contribution in [0.15, 0.2) is 16.3 Å². The summed E-state index contributed by atoms with van der Waals surface area (Å²) in [5.41, 5.74) is 5.62. The Labute approximate surface area is 95.0 Å². The Kier molecular flexibility index (Phi) is 3.93. The van der Waals surface area contributed by atoms with Gasteiger partial charge in [-0.3, -0.25) is 4.99 Å². The zero-order chi connectivity index (χ0) is 12.3. The maximum atomic E-state index is 11.5. The summed E-state index contributed by atoms with van der Waals surface area (Å²) in [6, 6.07) is -0.403. The van der Waals surface area contributed by atoms with E-state index in [1.54, 1.807) is 6.92 Å². The van der Waals surface area contributed by atoms with Gasteiger partial charge in [0.2, 0.25) is 0 Å². The maximum absolute atomic E-state index is 11.5. The van der Waals surface area contributed by atoms with Crippen molar-refractivity contribution in [2.45, 2.75) is 33.2 Å². The van der Waals surface area contributed by atoms with E-state index in [-0.39, 0.29) is 23.8 Å². The number of aliphatic hydroxyl groups excluding tert-OH is 1. The first-order chi connectivity index (χ1) is 7.47. The third-order valence-electron chi connectivity index (χ3n) is 2.30. The molecule has 1 aliphatic rings. The summed E-state index contributed by atoms with van der Waals surface area (Å²) in [4.78, 5) is 15.6. The topological polar surface area (TPSA) is 84.9 Å². The van der Waals surface area contributed by atoms with Crippen molar-refractivity contribution in [3.8, 4) is 0 Å². The normalized spacial score (nSPS) is 20.2. The number of aliphatic imine (C=N–C) groups is 1. The highest BCUT2D eigenvalue weighted by Crippen LogP contribution is 2.24. The second-order valence-corrected chi connectivity index (χ2v) is 4.14. The second-order valence-electron chi connectivity index (χ2n) is 4.14. The molecule has 16 heavy (non-hydrogen) atoms. The van der Waals surface area contributed by atoms with Crippen molar-refractivity contribution in [1.29, 1.82) is 0 Å². The largest absolute Gasteiger partial charge is 0.509 e.